The summed E-state index contributed by atoms with van der Waals surface area (Å²) in [6.07, 6.45) is 2.97. The van der Waals surface area contributed by atoms with Gasteiger partial charge < -0.3 is 10.1 Å². The van der Waals surface area contributed by atoms with Crippen LogP contribution in [-0.4, -0.2) is 22.1 Å². The quantitative estimate of drug-likeness (QED) is 0.859. The van der Waals surface area contributed by atoms with E-state index < -0.39 is 11.7 Å². The molecule has 0 aliphatic carbocycles. The number of pyridine rings is 1. The van der Waals surface area contributed by atoms with Crippen LogP contribution in [0.2, 0.25) is 5.02 Å². The molecule has 0 bridgehead atoms. The lowest BCUT2D eigenvalue weighted by molar-refractivity contribution is 0.0525. The van der Waals surface area contributed by atoms with E-state index in [2.05, 4.69) is 10.3 Å². The van der Waals surface area contributed by atoms with Gasteiger partial charge in [0.2, 0.25) is 0 Å². The van der Waals surface area contributed by atoms with Gasteiger partial charge in [0.15, 0.2) is 0 Å². The lowest BCUT2D eigenvalue weighted by Crippen LogP contribution is -2.36. The molecule has 1 N–H and O–H groups in total. The Bertz CT molecular complexity index is 435. The van der Waals surface area contributed by atoms with Crippen molar-refractivity contribution >= 4 is 29.5 Å². The molecule has 0 saturated carbocycles. The van der Waals surface area contributed by atoms with Crippen LogP contribution in [0, 0.1) is 0 Å². The van der Waals surface area contributed by atoms with E-state index in [0.29, 0.717) is 10.8 Å². The molecule has 106 valence electrons. The summed E-state index contributed by atoms with van der Waals surface area (Å²) < 4.78 is 5.18. The molecule has 0 fully saturated rings. The average Bonchev–Trinajstić information content (AvgIpc) is 2.25. The zero-order chi connectivity index (χ0) is 14.5. The first-order chi connectivity index (χ1) is 8.78. The molecule has 0 aliphatic rings. The highest BCUT2D eigenvalue weighted by Gasteiger charge is 2.17. The number of rotatable bonds is 4. The Morgan fingerprint density at radius 2 is 2.26 bits per heavy atom. The number of carbonyl (C=O) groups is 1. The van der Waals surface area contributed by atoms with E-state index in [1.54, 1.807) is 30.2 Å². The van der Waals surface area contributed by atoms with Gasteiger partial charge in [-0.3, -0.25) is 4.98 Å². The minimum absolute atomic E-state index is 0.0638. The third kappa shape index (κ3) is 6.68. The summed E-state index contributed by atoms with van der Waals surface area (Å²) in [6, 6.07) is 1.75. The number of nitrogens with one attached hydrogen (secondary N) is 1. The fraction of sp³-hybridized carbons (Fsp3) is 0.538. The van der Waals surface area contributed by atoms with Gasteiger partial charge in [-0.2, -0.15) is 0 Å². The maximum atomic E-state index is 11.6. The molecule has 0 radical (unpaired) electrons. The van der Waals surface area contributed by atoms with Gasteiger partial charge >= 0.3 is 6.09 Å². The molecule has 1 atom stereocenters. The molecule has 0 aromatic carbocycles. The highest BCUT2D eigenvalue weighted by molar-refractivity contribution is 7.99. The van der Waals surface area contributed by atoms with Crippen molar-refractivity contribution in [2.45, 2.75) is 44.4 Å². The Morgan fingerprint density at radius 1 is 1.58 bits per heavy atom. The van der Waals surface area contributed by atoms with Crippen molar-refractivity contribution in [2.24, 2.45) is 0 Å². The van der Waals surface area contributed by atoms with Crippen LogP contribution in [0.3, 0.4) is 0 Å². The van der Waals surface area contributed by atoms with E-state index in [1.807, 2.05) is 27.7 Å². The molecule has 4 nitrogen and oxygen atoms in total. The fourth-order valence-electron chi connectivity index (χ4n) is 1.25. The van der Waals surface area contributed by atoms with Gasteiger partial charge in [-0.05, 0) is 39.3 Å². The first-order valence-electron chi connectivity index (χ1n) is 5.97. The molecule has 1 aromatic rings. The summed E-state index contributed by atoms with van der Waals surface area (Å²) in [5, 5.41) is 3.39. The van der Waals surface area contributed by atoms with Crippen LogP contribution >= 0.6 is 23.4 Å². The number of alkyl carbamates (subject to hydrolysis) is 1. The number of halogens is 1. The maximum absolute atomic E-state index is 11.6. The SMILES string of the molecule is CC(NC(=O)OC(C)(C)C)SCc1cnccc1Cl. The van der Waals surface area contributed by atoms with Crippen LogP contribution in [0.25, 0.3) is 0 Å². The Labute approximate surface area is 123 Å². The van der Waals surface area contributed by atoms with Crippen LogP contribution in [-0.2, 0) is 10.5 Å². The summed E-state index contributed by atoms with van der Waals surface area (Å²) in [5.74, 6) is 0.684. The molecule has 1 rings (SSSR count). The number of nitrogens with zero attached hydrogens (tertiary/aromatic N) is 1. The second-order valence-corrected chi connectivity index (χ2v) is 6.80. The van der Waals surface area contributed by atoms with Gasteiger partial charge in [0.1, 0.15) is 5.60 Å². The third-order valence-corrected chi connectivity index (χ3v) is 3.52. The average molecular weight is 303 g/mol. The van der Waals surface area contributed by atoms with E-state index in [4.69, 9.17) is 16.3 Å². The molecule has 1 heterocycles. The Morgan fingerprint density at radius 3 is 2.84 bits per heavy atom. The molecule has 1 aromatic heterocycles. The Balaban J connectivity index is 2.38. The smallest absolute Gasteiger partial charge is 0.408 e. The van der Waals surface area contributed by atoms with Gasteiger partial charge in [0.25, 0.3) is 0 Å². The zero-order valence-electron chi connectivity index (χ0n) is 11.6. The standard InChI is InChI=1S/C13H19ClN2O2S/c1-9(16-12(17)18-13(2,3)4)19-8-10-7-15-6-5-11(10)14/h5-7,9H,8H2,1-4H3,(H,16,17). The van der Waals surface area contributed by atoms with Crippen LogP contribution in [0.15, 0.2) is 18.5 Å². The fourth-order valence-corrected chi connectivity index (χ4v) is 2.34. The lowest BCUT2D eigenvalue weighted by atomic mass is 10.2. The highest BCUT2D eigenvalue weighted by atomic mass is 35.5. The second-order valence-electron chi connectivity index (χ2n) is 5.07. The van der Waals surface area contributed by atoms with E-state index in [-0.39, 0.29) is 5.37 Å². The number of hydrogen-bond acceptors (Lipinski definition) is 4. The number of amides is 1. The van der Waals surface area contributed by atoms with E-state index in [0.717, 1.165) is 5.56 Å². The van der Waals surface area contributed by atoms with Gasteiger partial charge in [0.05, 0.1) is 5.37 Å². The van der Waals surface area contributed by atoms with Gasteiger partial charge in [-0.15, -0.1) is 11.8 Å². The van der Waals surface area contributed by atoms with Gasteiger partial charge in [-0.1, -0.05) is 11.6 Å². The predicted octanol–water partition coefficient (Wildman–Crippen LogP) is 3.84. The number of aromatic nitrogens is 1. The normalized spacial score (nSPS) is 12.9. The summed E-state index contributed by atoms with van der Waals surface area (Å²) in [4.78, 5) is 15.6. The Hall–Kier alpha value is -0.940. The largest absolute Gasteiger partial charge is 0.444 e. The zero-order valence-corrected chi connectivity index (χ0v) is 13.1. The summed E-state index contributed by atoms with van der Waals surface area (Å²) >= 11 is 7.60. The van der Waals surface area contributed by atoms with Crippen LogP contribution in [0.5, 0.6) is 0 Å². The van der Waals surface area contributed by atoms with Crippen LogP contribution in [0.1, 0.15) is 33.3 Å². The molecule has 0 spiro atoms. The minimum Gasteiger partial charge on any atom is -0.444 e. The van der Waals surface area contributed by atoms with Crippen molar-refractivity contribution < 1.29 is 9.53 Å². The molecule has 19 heavy (non-hydrogen) atoms. The minimum atomic E-state index is -0.485. The number of carbonyl (C=O) groups excluding carboxylic acids is 1. The molecule has 0 saturated heterocycles. The maximum Gasteiger partial charge on any atom is 0.408 e. The topological polar surface area (TPSA) is 51.2 Å². The van der Waals surface area contributed by atoms with Crippen molar-refractivity contribution in [3.63, 3.8) is 0 Å². The number of thioether (sulfide) groups is 1. The third-order valence-electron chi connectivity index (χ3n) is 2.05. The van der Waals surface area contributed by atoms with Crippen molar-refractivity contribution in [1.82, 2.24) is 10.3 Å². The lowest BCUT2D eigenvalue weighted by Gasteiger charge is -2.21. The molecule has 6 heteroatoms. The highest BCUT2D eigenvalue weighted by Crippen LogP contribution is 2.22. The van der Waals surface area contributed by atoms with E-state index >= 15 is 0 Å². The first-order valence-corrected chi connectivity index (χ1v) is 7.40. The number of hydrogen-bond donors (Lipinski definition) is 1. The van der Waals surface area contributed by atoms with Crippen molar-refractivity contribution in [1.29, 1.82) is 0 Å². The molecule has 0 aliphatic heterocycles. The van der Waals surface area contributed by atoms with Crippen molar-refractivity contribution in [3.8, 4) is 0 Å². The second kappa shape index (κ2) is 7.01. The molecular weight excluding hydrogens is 284 g/mol. The Kier molecular flexibility index (Phi) is 5.94. The van der Waals surface area contributed by atoms with E-state index in [9.17, 15) is 4.79 Å². The molecular formula is C13H19ClN2O2S. The summed E-state index contributed by atoms with van der Waals surface area (Å²) in [6.45, 7) is 7.40. The van der Waals surface area contributed by atoms with Crippen molar-refractivity contribution in [3.05, 3.63) is 29.0 Å². The van der Waals surface area contributed by atoms with Gasteiger partial charge in [0, 0.05) is 23.2 Å². The van der Waals surface area contributed by atoms with Crippen LogP contribution in [0.4, 0.5) is 4.79 Å². The predicted molar refractivity (Wildman–Crippen MR) is 79.4 cm³/mol. The number of ether oxygens (including phenoxy) is 1. The monoisotopic (exact) mass is 302 g/mol. The summed E-state index contributed by atoms with van der Waals surface area (Å²) in [7, 11) is 0. The van der Waals surface area contributed by atoms with Gasteiger partial charge in [-0.25, -0.2) is 4.79 Å². The molecule has 1 amide bonds. The van der Waals surface area contributed by atoms with Crippen LogP contribution < -0.4 is 5.32 Å². The van der Waals surface area contributed by atoms with E-state index in [1.165, 1.54) is 0 Å². The molecule has 1 unspecified atom stereocenters. The summed E-state index contributed by atoms with van der Waals surface area (Å²) in [5.41, 5.74) is 0.466. The first kappa shape index (κ1) is 16.1. The van der Waals surface area contributed by atoms with Crippen molar-refractivity contribution in [2.75, 3.05) is 0 Å².